The van der Waals surface area contributed by atoms with Crippen LogP contribution < -0.4 is 15.8 Å². The lowest BCUT2D eigenvalue weighted by atomic mass is 10.1. The minimum Gasteiger partial charge on any atom is -0.483 e. The van der Waals surface area contributed by atoms with Gasteiger partial charge in [-0.1, -0.05) is 18.2 Å². The number of hydrogen-bond acceptors (Lipinski definition) is 3. The van der Waals surface area contributed by atoms with E-state index >= 15 is 0 Å². The molecule has 15 heavy (non-hydrogen) atoms. The summed E-state index contributed by atoms with van der Waals surface area (Å²) in [5.41, 5.74) is 6.68. The van der Waals surface area contributed by atoms with Crippen molar-refractivity contribution in [3.63, 3.8) is 0 Å². The fourth-order valence-corrected chi connectivity index (χ4v) is 1.20. The monoisotopic (exact) mass is 208 g/mol. The number of nitrogens with two attached hydrogens (primary N) is 1. The van der Waals surface area contributed by atoms with Crippen molar-refractivity contribution in [2.75, 3.05) is 13.7 Å². The molecule has 4 nitrogen and oxygen atoms in total. The van der Waals surface area contributed by atoms with Crippen molar-refractivity contribution in [1.82, 2.24) is 5.32 Å². The van der Waals surface area contributed by atoms with E-state index in [-0.39, 0.29) is 18.6 Å². The molecule has 0 aliphatic carbocycles. The topological polar surface area (TPSA) is 64.3 Å². The van der Waals surface area contributed by atoms with Gasteiger partial charge in [0.15, 0.2) is 6.61 Å². The summed E-state index contributed by atoms with van der Waals surface area (Å²) in [6.45, 7) is 1.89. The van der Waals surface area contributed by atoms with E-state index in [2.05, 4.69) is 5.32 Å². The summed E-state index contributed by atoms with van der Waals surface area (Å²) < 4.78 is 5.36. The molecule has 0 aliphatic heterocycles. The van der Waals surface area contributed by atoms with Gasteiger partial charge in [0.1, 0.15) is 5.75 Å². The molecule has 0 aliphatic rings. The van der Waals surface area contributed by atoms with Crippen LogP contribution in [0.1, 0.15) is 18.5 Å². The molecule has 1 rings (SSSR count). The molecule has 0 saturated heterocycles. The summed E-state index contributed by atoms with van der Waals surface area (Å²) in [5.74, 6) is 0.505. The number of likely N-dealkylation sites (N-methyl/N-ethyl adjacent to an activating group) is 1. The summed E-state index contributed by atoms with van der Waals surface area (Å²) in [7, 11) is 1.57. The highest BCUT2D eigenvalue weighted by Gasteiger charge is 2.08. The molecule has 0 saturated carbocycles. The molecule has 0 radical (unpaired) electrons. The summed E-state index contributed by atoms with van der Waals surface area (Å²) in [4.78, 5) is 11.0. The molecule has 0 aromatic heterocycles. The Bertz CT molecular complexity index is 337. The van der Waals surface area contributed by atoms with Crippen molar-refractivity contribution in [1.29, 1.82) is 0 Å². The molecule has 0 unspecified atom stereocenters. The van der Waals surface area contributed by atoms with E-state index in [0.29, 0.717) is 5.75 Å². The van der Waals surface area contributed by atoms with Crippen molar-refractivity contribution in [3.05, 3.63) is 29.8 Å². The average molecular weight is 208 g/mol. The minimum atomic E-state index is -0.158. The van der Waals surface area contributed by atoms with Crippen LogP contribution in [0.4, 0.5) is 0 Å². The van der Waals surface area contributed by atoms with Crippen LogP contribution in [0.15, 0.2) is 24.3 Å². The van der Waals surface area contributed by atoms with Crippen molar-refractivity contribution >= 4 is 5.91 Å². The highest BCUT2D eigenvalue weighted by atomic mass is 16.5. The predicted molar refractivity (Wildman–Crippen MR) is 58.6 cm³/mol. The molecular weight excluding hydrogens is 192 g/mol. The van der Waals surface area contributed by atoms with Gasteiger partial charge >= 0.3 is 0 Å². The number of benzene rings is 1. The summed E-state index contributed by atoms with van der Waals surface area (Å²) >= 11 is 0. The summed E-state index contributed by atoms with van der Waals surface area (Å²) in [5, 5.41) is 2.49. The second-order valence-electron chi connectivity index (χ2n) is 3.29. The van der Waals surface area contributed by atoms with Gasteiger partial charge in [-0.15, -0.1) is 0 Å². The first-order chi connectivity index (χ1) is 7.15. The van der Waals surface area contributed by atoms with Gasteiger partial charge in [-0.25, -0.2) is 0 Å². The fraction of sp³-hybridized carbons (Fsp3) is 0.364. The second kappa shape index (κ2) is 5.36. The zero-order valence-corrected chi connectivity index (χ0v) is 8.99. The maximum Gasteiger partial charge on any atom is 0.257 e. The van der Waals surface area contributed by atoms with Crippen LogP contribution in [0.25, 0.3) is 0 Å². The third-order valence-electron chi connectivity index (χ3n) is 2.05. The Hall–Kier alpha value is -1.55. The van der Waals surface area contributed by atoms with E-state index in [0.717, 1.165) is 5.56 Å². The van der Waals surface area contributed by atoms with Gasteiger partial charge in [0.05, 0.1) is 0 Å². The number of para-hydroxylation sites is 1. The number of carbonyl (C=O) groups is 1. The maximum atomic E-state index is 11.0. The summed E-state index contributed by atoms with van der Waals surface area (Å²) in [6, 6.07) is 7.34. The molecule has 3 N–H and O–H groups in total. The molecule has 0 spiro atoms. The Kier molecular flexibility index (Phi) is 4.12. The third kappa shape index (κ3) is 3.25. The molecule has 1 aromatic carbocycles. The quantitative estimate of drug-likeness (QED) is 0.770. The van der Waals surface area contributed by atoms with Gasteiger partial charge in [-0.05, 0) is 13.0 Å². The van der Waals surface area contributed by atoms with E-state index in [1.54, 1.807) is 7.05 Å². The van der Waals surface area contributed by atoms with Crippen LogP contribution in [0.2, 0.25) is 0 Å². The van der Waals surface area contributed by atoms with Gasteiger partial charge in [0.2, 0.25) is 0 Å². The van der Waals surface area contributed by atoms with E-state index in [9.17, 15) is 4.79 Å². The molecule has 82 valence electrons. The van der Waals surface area contributed by atoms with Gasteiger partial charge in [0.25, 0.3) is 5.91 Å². The van der Waals surface area contributed by atoms with Crippen LogP contribution >= 0.6 is 0 Å². The minimum absolute atomic E-state index is 0.0141. The highest BCUT2D eigenvalue weighted by molar-refractivity contribution is 5.77. The summed E-state index contributed by atoms with van der Waals surface area (Å²) in [6.07, 6.45) is 0. The Balaban J connectivity index is 2.71. The number of ether oxygens (including phenoxy) is 1. The Morgan fingerprint density at radius 2 is 2.20 bits per heavy atom. The third-order valence-corrected chi connectivity index (χ3v) is 2.05. The largest absolute Gasteiger partial charge is 0.483 e. The highest BCUT2D eigenvalue weighted by Crippen LogP contribution is 2.22. The van der Waals surface area contributed by atoms with Gasteiger partial charge < -0.3 is 15.8 Å². The predicted octanol–water partition coefficient (Wildman–Crippen LogP) is 0.831. The van der Waals surface area contributed by atoms with Crippen LogP contribution in [0, 0.1) is 0 Å². The van der Waals surface area contributed by atoms with Crippen molar-refractivity contribution < 1.29 is 9.53 Å². The first-order valence-electron chi connectivity index (χ1n) is 4.83. The molecule has 1 aromatic rings. The zero-order chi connectivity index (χ0) is 11.3. The van der Waals surface area contributed by atoms with Gasteiger partial charge in [-0.3, -0.25) is 4.79 Å². The van der Waals surface area contributed by atoms with Gasteiger partial charge in [0, 0.05) is 18.7 Å². The lowest BCUT2D eigenvalue weighted by Crippen LogP contribution is -2.25. The molecule has 0 fully saturated rings. The second-order valence-corrected chi connectivity index (χ2v) is 3.29. The van der Waals surface area contributed by atoms with E-state index in [4.69, 9.17) is 10.5 Å². The number of nitrogens with one attached hydrogen (secondary N) is 1. The molecule has 4 heteroatoms. The Morgan fingerprint density at radius 3 is 2.80 bits per heavy atom. The normalized spacial score (nSPS) is 11.9. The van der Waals surface area contributed by atoms with Crippen molar-refractivity contribution in [3.8, 4) is 5.75 Å². The molecule has 1 amide bonds. The van der Waals surface area contributed by atoms with E-state index < -0.39 is 0 Å². The van der Waals surface area contributed by atoms with Crippen molar-refractivity contribution in [2.45, 2.75) is 13.0 Å². The van der Waals surface area contributed by atoms with Crippen LogP contribution in [0.3, 0.4) is 0 Å². The Morgan fingerprint density at radius 1 is 1.53 bits per heavy atom. The van der Waals surface area contributed by atoms with E-state index in [1.165, 1.54) is 0 Å². The number of rotatable bonds is 4. The number of amides is 1. The Labute approximate surface area is 89.4 Å². The lowest BCUT2D eigenvalue weighted by Gasteiger charge is -2.12. The molecule has 0 heterocycles. The fourth-order valence-electron chi connectivity index (χ4n) is 1.20. The first-order valence-corrected chi connectivity index (χ1v) is 4.83. The van der Waals surface area contributed by atoms with Crippen LogP contribution in [0.5, 0.6) is 5.75 Å². The van der Waals surface area contributed by atoms with Crippen LogP contribution in [-0.4, -0.2) is 19.6 Å². The average Bonchev–Trinajstić information content (AvgIpc) is 2.26. The van der Waals surface area contributed by atoms with Crippen LogP contribution in [-0.2, 0) is 4.79 Å². The molecule has 1 atom stereocenters. The van der Waals surface area contributed by atoms with Gasteiger partial charge in [-0.2, -0.15) is 0 Å². The lowest BCUT2D eigenvalue weighted by molar-refractivity contribution is -0.122. The number of hydrogen-bond donors (Lipinski definition) is 2. The van der Waals surface area contributed by atoms with E-state index in [1.807, 2.05) is 31.2 Å². The first kappa shape index (κ1) is 11.5. The molecular formula is C11H16N2O2. The standard InChI is InChI=1S/C11H16N2O2/c1-8(12)9-5-3-4-6-10(9)15-7-11(14)13-2/h3-6,8H,7,12H2,1-2H3,(H,13,14)/t8-/m1/s1. The van der Waals surface area contributed by atoms with Crippen molar-refractivity contribution in [2.24, 2.45) is 5.73 Å². The number of carbonyl (C=O) groups excluding carboxylic acids is 1. The SMILES string of the molecule is CNC(=O)COc1ccccc1[C@@H](C)N. The smallest absolute Gasteiger partial charge is 0.257 e. The maximum absolute atomic E-state index is 11.0. The zero-order valence-electron chi connectivity index (χ0n) is 8.99. The molecule has 0 bridgehead atoms.